The summed E-state index contributed by atoms with van der Waals surface area (Å²) in [5.74, 6) is -0.857. The van der Waals surface area contributed by atoms with Crippen LogP contribution in [0.3, 0.4) is 0 Å². The van der Waals surface area contributed by atoms with Crippen LogP contribution in [0.25, 0.3) is 11.3 Å². The molecule has 0 fully saturated rings. The molecule has 1 amide bonds. The molecule has 11 heteroatoms. The SMILES string of the molecule is Cc1ccc(-n2ccn3c(SCC(=O)Nc4ccccc4C(F)(F)F)nnc3c2=O)cc1C. The maximum Gasteiger partial charge on any atom is 0.418 e. The van der Waals surface area contributed by atoms with E-state index in [1.165, 1.54) is 27.2 Å². The number of aryl methyl sites for hydroxylation is 2. The number of carbonyl (C=O) groups excluding carboxylic acids is 1. The van der Waals surface area contributed by atoms with Crippen molar-refractivity contribution in [3.63, 3.8) is 0 Å². The second kappa shape index (κ2) is 8.74. The van der Waals surface area contributed by atoms with Crippen molar-refractivity contribution in [1.82, 2.24) is 19.2 Å². The molecule has 0 aliphatic heterocycles. The minimum atomic E-state index is -4.59. The molecule has 0 aliphatic carbocycles. The Labute approximate surface area is 190 Å². The first-order chi connectivity index (χ1) is 15.6. The Morgan fingerprint density at radius 2 is 1.82 bits per heavy atom. The summed E-state index contributed by atoms with van der Waals surface area (Å²) in [6.45, 7) is 3.93. The summed E-state index contributed by atoms with van der Waals surface area (Å²) in [6.07, 6.45) is -1.41. The van der Waals surface area contributed by atoms with E-state index in [0.717, 1.165) is 29.0 Å². The monoisotopic (exact) mass is 473 g/mol. The molecule has 4 rings (SSSR count). The van der Waals surface area contributed by atoms with Gasteiger partial charge in [0.25, 0.3) is 0 Å². The Kier molecular flexibility index (Phi) is 5.98. The summed E-state index contributed by atoms with van der Waals surface area (Å²) in [6, 6.07) is 10.4. The van der Waals surface area contributed by atoms with E-state index in [0.29, 0.717) is 5.69 Å². The van der Waals surface area contributed by atoms with Crippen LogP contribution < -0.4 is 10.9 Å². The summed E-state index contributed by atoms with van der Waals surface area (Å²) in [4.78, 5) is 25.2. The average Bonchev–Trinajstić information content (AvgIpc) is 3.18. The van der Waals surface area contributed by atoms with Gasteiger partial charge in [-0.05, 0) is 49.2 Å². The minimum Gasteiger partial charge on any atom is -0.325 e. The fourth-order valence-corrected chi connectivity index (χ4v) is 3.92. The number of amides is 1. The molecule has 33 heavy (non-hydrogen) atoms. The highest BCUT2D eigenvalue weighted by Gasteiger charge is 2.33. The van der Waals surface area contributed by atoms with Crippen molar-refractivity contribution in [2.24, 2.45) is 0 Å². The topological polar surface area (TPSA) is 81.3 Å². The summed E-state index contributed by atoms with van der Waals surface area (Å²) < 4.78 is 42.2. The van der Waals surface area contributed by atoms with E-state index in [1.54, 1.807) is 12.4 Å². The average molecular weight is 473 g/mol. The number of halogens is 3. The van der Waals surface area contributed by atoms with Gasteiger partial charge in [-0.2, -0.15) is 13.2 Å². The van der Waals surface area contributed by atoms with Crippen LogP contribution in [-0.2, 0) is 11.0 Å². The van der Waals surface area contributed by atoms with E-state index in [2.05, 4.69) is 15.5 Å². The van der Waals surface area contributed by atoms with Gasteiger partial charge in [0, 0.05) is 18.1 Å². The van der Waals surface area contributed by atoms with Gasteiger partial charge in [-0.3, -0.25) is 18.6 Å². The second-order valence-corrected chi connectivity index (χ2v) is 8.24. The van der Waals surface area contributed by atoms with Crippen molar-refractivity contribution >= 4 is 29.0 Å². The number of hydrogen-bond donors (Lipinski definition) is 1. The molecule has 2 aromatic heterocycles. The van der Waals surface area contributed by atoms with Gasteiger partial charge in [0.05, 0.1) is 17.0 Å². The van der Waals surface area contributed by atoms with Crippen LogP contribution in [0.2, 0.25) is 0 Å². The molecule has 170 valence electrons. The fraction of sp³-hybridized carbons (Fsp3) is 0.182. The Bertz CT molecular complexity index is 1410. The minimum absolute atomic E-state index is 0.0704. The number of para-hydroxylation sites is 1. The van der Waals surface area contributed by atoms with E-state index in [1.807, 2.05) is 32.0 Å². The summed E-state index contributed by atoms with van der Waals surface area (Å²) in [5, 5.41) is 10.4. The first-order valence-electron chi connectivity index (χ1n) is 9.78. The van der Waals surface area contributed by atoms with Crippen LogP contribution in [-0.4, -0.2) is 30.8 Å². The molecule has 0 saturated heterocycles. The van der Waals surface area contributed by atoms with Crippen molar-refractivity contribution in [2.75, 3.05) is 11.1 Å². The maximum atomic E-state index is 13.1. The number of hydrogen-bond acceptors (Lipinski definition) is 5. The molecule has 2 heterocycles. The molecule has 0 bridgehead atoms. The number of nitrogens with one attached hydrogen (secondary N) is 1. The molecule has 0 atom stereocenters. The number of aromatic nitrogens is 4. The first-order valence-corrected chi connectivity index (χ1v) is 10.8. The first kappa shape index (κ1) is 22.6. The van der Waals surface area contributed by atoms with Crippen LogP contribution in [0.15, 0.2) is 64.8 Å². The van der Waals surface area contributed by atoms with Gasteiger partial charge < -0.3 is 5.32 Å². The highest BCUT2D eigenvalue weighted by molar-refractivity contribution is 7.99. The quantitative estimate of drug-likeness (QED) is 0.439. The fourth-order valence-electron chi connectivity index (χ4n) is 3.20. The molecule has 0 saturated carbocycles. The molecule has 4 aromatic rings. The van der Waals surface area contributed by atoms with Crippen LogP contribution in [0, 0.1) is 13.8 Å². The Balaban J connectivity index is 1.53. The number of thioether (sulfide) groups is 1. The third-order valence-corrected chi connectivity index (χ3v) is 5.99. The Morgan fingerprint density at radius 3 is 2.55 bits per heavy atom. The van der Waals surface area contributed by atoms with Crippen LogP contribution in [0.4, 0.5) is 18.9 Å². The zero-order valence-electron chi connectivity index (χ0n) is 17.6. The predicted octanol–water partition coefficient (Wildman–Crippen LogP) is 4.25. The van der Waals surface area contributed by atoms with Crippen LogP contribution >= 0.6 is 11.8 Å². The van der Waals surface area contributed by atoms with Gasteiger partial charge in [0.1, 0.15) is 0 Å². The van der Waals surface area contributed by atoms with E-state index in [9.17, 15) is 22.8 Å². The lowest BCUT2D eigenvalue weighted by molar-refractivity contribution is -0.137. The Hall–Kier alpha value is -3.60. The smallest absolute Gasteiger partial charge is 0.325 e. The lowest BCUT2D eigenvalue weighted by atomic mass is 10.1. The number of fused-ring (bicyclic) bond motifs is 1. The zero-order valence-corrected chi connectivity index (χ0v) is 18.4. The van der Waals surface area contributed by atoms with E-state index in [-0.39, 0.29) is 27.8 Å². The van der Waals surface area contributed by atoms with Crippen LogP contribution in [0.5, 0.6) is 0 Å². The van der Waals surface area contributed by atoms with Gasteiger partial charge >= 0.3 is 11.7 Å². The van der Waals surface area contributed by atoms with E-state index >= 15 is 0 Å². The lowest BCUT2D eigenvalue weighted by Gasteiger charge is -2.13. The van der Waals surface area contributed by atoms with Gasteiger partial charge in [-0.15, -0.1) is 10.2 Å². The molecule has 0 radical (unpaired) electrons. The highest BCUT2D eigenvalue weighted by Crippen LogP contribution is 2.34. The van der Waals surface area contributed by atoms with Crippen molar-refractivity contribution in [3.8, 4) is 5.69 Å². The molecular weight excluding hydrogens is 455 g/mol. The van der Waals surface area contributed by atoms with E-state index in [4.69, 9.17) is 0 Å². The third kappa shape index (κ3) is 4.63. The molecule has 0 aliphatic rings. The molecule has 1 N–H and O–H groups in total. The van der Waals surface area contributed by atoms with Crippen molar-refractivity contribution < 1.29 is 18.0 Å². The lowest BCUT2D eigenvalue weighted by Crippen LogP contribution is -2.20. The predicted molar refractivity (Wildman–Crippen MR) is 119 cm³/mol. The third-order valence-electron chi connectivity index (χ3n) is 5.05. The van der Waals surface area contributed by atoms with Gasteiger partial charge in [-0.25, -0.2) is 0 Å². The number of rotatable bonds is 5. The van der Waals surface area contributed by atoms with Gasteiger partial charge in [-0.1, -0.05) is 30.0 Å². The maximum absolute atomic E-state index is 13.1. The number of benzene rings is 2. The zero-order chi connectivity index (χ0) is 23.8. The summed E-state index contributed by atoms with van der Waals surface area (Å²) in [7, 11) is 0. The second-order valence-electron chi connectivity index (χ2n) is 7.30. The molecule has 2 aromatic carbocycles. The molecule has 0 unspecified atom stereocenters. The normalized spacial score (nSPS) is 11.7. The van der Waals surface area contributed by atoms with Gasteiger partial charge in [0.15, 0.2) is 5.16 Å². The number of alkyl halides is 3. The number of carbonyl (C=O) groups is 1. The number of nitrogens with zero attached hydrogens (tertiary/aromatic N) is 4. The molecular formula is C22H18F3N5O2S. The largest absolute Gasteiger partial charge is 0.418 e. The van der Waals surface area contributed by atoms with Crippen LogP contribution in [0.1, 0.15) is 16.7 Å². The van der Waals surface area contributed by atoms with Crippen molar-refractivity contribution in [2.45, 2.75) is 25.2 Å². The van der Waals surface area contributed by atoms with Crippen molar-refractivity contribution in [1.29, 1.82) is 0 Å². The molecule has 0 spiro atoms. The van der Waals surface area contributed by atoms with Gasteiger partial charge in [0.2, 0.25) is 11.6 Å². The highest BCUT2D eigenvalue weighted by atomic mass is 32.2. The van der Waals surface area contributed by atoms with E-state index < -0.39 is 17.6 Å². The standard InChI is InChI=1S/C22H18F3N5O2S/c1-13-7-8-15(11-14(13)2)29-9-10-30-19(20(29)32)27-28-21(30)33-12-18(31)26-17-6-4-3-5-16(17)22(23,24)25/h3-11H,12H2,1-2H3,(H,26,31). The Morgan fingerprint density at radius 1 is 1.06 bits per heavy atom. The van der Waals surface area contributed by atoms with Crippen molar-refractivity contribution in [3.05, 3.63) is 81.9 Å². The summed E-state index contributed by atoms with van der Waals surface area (Å²) in [5.41, 5.74) is 1.26. The number of anilines is 1. The summed E-state index contributed by atoms with van der Waals surface area (Å²) >= 11 is 0.960. The molecule has 7 nitrogen and oxygen atoms in total.